The van der Waals surface area contributed by atoms with Crippen LogP contribution in [0.1, 0.15) is 92.9 Å². The van der Waals surface area contributed by atoms with E-state index in [1.54, 1.807) is 0 Å². The zero-order chi connectivity index (χ0) is 27.9. The Labute approximate surface area is 229 Å². The van der Waals surface area contributed by atoms with Crippen LogP contribution in [0.4, 0.5) is 0 Å². The topological polar surface area (TPSA) is 90.9 Å². The van der Waals surface area contributed by atoms with Crippen LogP contribution >= 0.6 is 7.60 Å². The summed E-state index contributed by atoms with van der Waals surface area (Å²) in [5.74, 6) is 0. The Morgan fingerprint density at radius 3 is 0.919 bits per heavy atom. The van der Waals surface area contributed by atoms with Gasteiger partial charge in [-0.15, -0.1) is 0 Å². The zero-order valence-corrected chi connectivity index (χ0v) is 27.7. The Hall–Kier alpha value is 0.344. The lowest BCUT2D eigenvalue weighted by Crippen LogP contribution is -2.46. The van der Waals surface area contributed by atoms with Crippen molar-refractivity contribution in [3.8, 4) is 0 Å². The van der Waals surface area contributed by atoms with Gasteiger partial charge in [0.05, 0.1) is 13.2 Å². The molecule has 0 aliphatic rings. The van der Waals surface area contributed by atoms with E-state index in [-0.39, 0.29) is 0 Å². The van der Waals surface area contributed by atoms with E-state index < -0.39 is 25.2 Å². The molecule has 0 atom stereocenters. The SMILES string of the molecule is CCCO[Si](CCCOP(C)(=O)OCCC[Si](OCCC)(OCCC)OCCC)(OCCC)OCCC. The summed E-state index contributed by atoms with van der Waals surface area (Å²) in [5, 5.41) is 0. The van der Waals surface area contributed by atoms with Crippen LogP contribution in [-0.4, -0.2) is 77.1 Å². The van der Waals surface area contributed by atoms with Gasteiger partial charge >= 0.3 is 25.2 Å². The minimum Gasteiger partial charge on any atom is -0.373 e. The molecule has 0 spiro atoms. The summed E-state index contributed by atoms with van der Waals surface area (Å²) in [5.41, 5.74) is 0. The maximum absolute atomic E-state index is 12.9. The van der Waals surface area contributed by atoms with Crippen molar-refractivity contribution in [2.45, 2.75) is 105 Å². The highest BCUT2D eigenvalue weighted by Gasteiger charge is 2.41. The monoisotopic (exact) mass is 588 g/mol. The van der Waals surface area contributed by atoms with Crippen LogP contribution in [0.25, 0.3) is 0 Å². The molecular formula is C25H57O9PSi2. The lowest BCUT2D eigenvalue weighted by atomic mass is 10.5. The summed E-state index contributed by atoms with van der Waals surface area (Å²) >= 11 is 0. The zero-order valence-electron chi connectivity index (χ0n) is 24.8. The van der Waals surface area contributed by atoms with Crippen molar-refractivity contribution in [1.29, 1.82) is 0 Å². The highest BCUT2D eigenvalue weighted by molar-refractivity contribution is 7.52. The van der Waals surface area contributed by atoms with Crippen LogP contribution in [0.2, 0.25) is 12.1 Å². The van der Waals surface area contributed by atoms with Crippen molar-refractivity contribution < 1.29 is 40.2 Å². The maximum atomic E-state index is 12.9. The summed E-state index contributed by atoms with van der Waals surface area (Å²) < 4.78 is 60.9. The van der Waals surface area contributed by atoms with Gasteiger partial charge in [0.2, 0.25) is 0 Å². The standard InChI is InChI=1S/C25H57O9PSi2/c1-8-16-29-36(30-17-9-2,31-18-10-3)24-14-22-27-35(7,26)28-23-15-25-37(32-19-11-4,33-20-12-5)34-21-13-6/h8-25H2,1-7H3. The fourth-order valence-corrected chi connectivity index (χ4v) is 9.91. The van der Waals surface area contributed by atoms with Crippen molar-refractivity contribution in [1.82, 2.24) is 0 Å². The normalized spacial score (nSPS) is 12.9. The van der Waals surface area contributed by atoms with E-state index in [1.807, 2.05) is 0 Å². The highest BCUT2D eigenvalue weighted by Crippen LogP contribution is 2.44. The van der Waals surface area contributed by atoms with E-state index in [9.17, 15) is 4.57 Å². The Bertz CT molecular complexity index is 485. The van der Waals surface area contributed by atoms with E-state index in [0.29, 0.717) is 77.8 Å². The van der Waals surface area contributed by atoms with Crippen molar-refractivity contribution in [3.05, 3.63) is 0 Å². The summed E-state index contributed by atoms with van der Waals surface area (Å²) in [7, 11) is -8.77. The van der Waals surface area contributed by atoms with Crippen molar-refractivity contribution >= 4 is 25.2 Å². The smallest absolute Gasteiger partial charge is 0.373 e. The van der Waals surface area contributed by atoms with E-state index >= 15 is 0 Å². The second-order valence-electron chi connectivity index (χ2n) is 9.10. The van der Waals surface area contributed by atoms with Crippen LogP contribution in [0, 0.1) is 0 Å². The van der Waals surface area contributed by atoms with Gasteiger partial charge in [-0.25, -0.2) is 0 Å². The Morgan fingerprint density at radius 1 is 0.459 bits per heavy atom. The number of hydrogen-bond donors (Lipinski definition) is 0. The molecule has 0 unspecified atom stereocenters. The van der Waals surface area contributed by atoms with Gasteiger partial charge < -0.3 is 35.6 Å². The van der Waals surface area contributed by atoms with Crippen LogP contribution in [0.15, 0.2) is 0 Å². The average Bonchev–Trinajstić information content (AvgIpc) is 2.90. The second kappa shape index (κ2) is 23.1. The average molecular weight is 589 g/mol. The third kappa shape index (κ3) is 18.3. The van der Waals surface area contributed by atoms with Crippen molar-refractivity contribution in [2.24, 2.45) is 0 Å². The molecule has 0 N–H and O–H groups in total. The van der Waals surface area contributed by atoms with Crippen molar-refractivity contribution in [2.75, 3.05) is 59.5 Å². The fraction of sp³-hybridized carbons (Fsp3) is 1.00. The van der Waals surface area contributed by atoms with Crippen LogP contribution < -0.4 is 0 Å². The molecule has 0 heterocycles. The summed E-state index contributed by atoms with van der Waals surface area (Å²) in [4.78, 5) is 0. The molecule has 37 heavy (non-hydrogen) atoms. The van der Waals surface area contributed by atoms with Crippen LogP contribution in [0.3, 0.4) is 0 Å². The quantitative estimate of drug-likeness (QED) is 0.0541. The predicted octanol–water partition coefficient (Wildman–Crippen LogP) is 7.06. The predicted molar refractivity (Wildman–Crippen MR) is 153 cm³/mol. The van der Waals surface area contributed by atoms with Gasteiger partial charge in [-0.2, -0.15) is 0 Å². The molecule has 0 aliphatic heterocycles. The molecule has 0 saturated heterocycles. The van der Waals surface area contributed by atoms with Gasteiger partial charge in [0, 0.05) is 58.4 Å². The first-order valence-corrected chi connectivity index (χ1v) is 20.3. The first-order valence-electron chi connectivity index (χ1n) is 14.5. The fourth-order valence-electron chi connectivity index (χ4n) is 3.30. The molecule has 0 rings (SSSR count). The first kappa shape index (κ1) is 37.3. The van der Waals surface area contributed by atoms with Gasteiger partial charge in [0.25, 0.3) is 0 Å². The van der Waals surface area contributed by atoms with E-state index in [2.05, 4.69) is 41.5 Å². The summed E-state index contributed by atoms with van der Waals surface area (Å²) in [6.07, 6.45) is 6.64. The Kier molecular flexibility index (Phi) is 23.3. The van der Waals surface area contributed by atoms with Gasteiger partial charge in [-0.3, -0.25) is 4.57 Å². The molecule has 12 heteroatoms. The maximum Gasteiger partial charge on any atom is 0.501 e. The Balaban J connectivity index is 4.77. The van der Waals surface area contributed by atoms with Gasteiger partial charge in [0.15, 0.2) is 0 Å². The van der Waals surface area contributed by atoms with Gasteiger partial charge in [-0.1, -0.05) is 41.5 Å². The van der Waals surface area contributed by atoms with E-state index in [4.69, 9.17) is 35.6 Å². The molecule has 0 saturated carbocycles. The second-order valence-corrected chi connectivity index (χ2v) is 16.6. The van der Waals surface area contributed by atoms with Gasteiger partial charge in [-0.05, 0) is 51.4 Å². The number of rotatable bonds is 28. The van der Waals surface area contributed by atoms with Crippen LogP contribution in [0.5, 0.6) is 0 Å². The summed E-state index contributed by atoms with van der Waals surface area (Å²) in [6, 6.07) is 1.25. The van der Waals surface area contributed by atoms with E-state index in [1.165, 1.54) is 6.66 Å². The molecule has 0 amide bonds. The third-order valence-electron chi connectivity index (χ3n) is 5.06. The minimum atomic E-state index is -3.20. The molecule has 0 aromatic heterocycles. The molecule has 0 aliphatic carbocycles. The van der Waals surface area contributed by atoms with E-state index in [0.717, 1.165) is 38.5 Å². The van der Waals surface area contributed by atoms with Crippen LogP contribution in [-0.2, 0) is 40.2 Å². The highest BCUT2D eigenvalue weighted by atomic mass is 31.2. The Morgan fingerprint density at radius 2 is 0.703 bits per heavy atom. The lowest BCUT2D eigenvalue weighted by Gasteiger charge is -2.30. The first-order chi connectivity index (χ1) is 17.8. The summed E-state index contributed by atoms with van der Waals surface area (Å²) in [6.45, 7) is 18.1. The molecule has 0 bridgehead atoms. The molecule has 0 radical (unpaired) electrons. The molecule has 0 aromatic carbocycles. The molecule has 0 aromatic rings. The number of hydrogen-bond acceptors (Lipinski definition) is 9. The van der Waals surface area contributed by atoms with Gasteiger partial charge in [0.1, 0.15) is 0 Å². The molecule has 0 fully saturated rings. The largest absolute Gasteiger partial charge is 0.501 e. The third-order valence-corrected chi connectivity index (χ3v) is 12.2. The molecule has 224 valence electrons. The lowest BCUT2D eigenvalue weighted by molar-refractivity contribution is 0.0572. The molecule has 9 nitrogen and oxygen atoms in total. The minimum absolute atomic E-state index is 0.292. The molecular weight excluding hydrogens is 531 g/mol. The van der Waals surface area contributed by atoms with Crippen molar-refractivity contribution in [3.63, 3.8) is 0 Å².